The molecule has 1 aromatic carbocycles. The molecule has 112 valence electrons. The van der Waals surface area contributed by atoms with Crippen molar-refractivity contribution < 1.29 is 14.5 Å². The number of nitro groups is 1. The van der Waals surface area contributed by atoms with Crippen LogP contribution in [0.3, 0.4) is 0 Å². The van der Waals surface area contributed by atoms with Crippen molar-refractivity contribution in [2.45, 2.75) is 0 Å². The van der Waals surface area contributed by atoms with Crippen molar-refractivity contribution in [1.29, 1.82) is 0 Å². The summed E-state index contributed by atoms with van der Waals surface area (Å²) in [5.41, 5.74) is 3.59. The van der Waals surface area contributed by atoms with Crippen LogP contribution < -0.4 is 10.9 Å². The lowest BCUT2D eigenvalue weighted by Crippen LogP contribution is -2.42. The Bertz CT molecular complexity index is 736. The van der Waals surface area contributed by atoms with Crippen LogP contribution in [0.4, 0.5) is 5.69 Å². The summed E-state index contributed by atoms with van der Waals surface area (Å²) >= 11 is 5.72. The summed E-state index contributed by atoms with van der Waals surface area (Å²) in [6.07, 6.45) is 1.42. The molecule has 0 atom stereocenters. The summed E-state index contributed by atoms with van der Waals surface area (Å²) in [4.78, 5) is 37.6. The molecule has 9 heteroatoms. The van der Waals surface area contributed by atoms with E-state index in [1.54, 1.807) is 12.1 Å². The zero-order chi connectivity index (χ0) is 16.1. The van der Waals surface area contributed by atoms with Crippen molar-refractivity contribution in [3.05, 3.63) is 69.0 Å². The number of halogens is 1. The molecule has 0 bridgehead atoms. The molecular weight excluding hydrogens is 312 g/mol. The van der Waals surface area contributed by atoms with Gasteiger partial charge in [-0.25, -0.2) is 0 Å². The fraction of sp³-hybridized carbons (Fsp3) is 0. The molecule has 2 aromatic rings. The molecule has 22 heavy (non-hydrogen) atoms. The standard InChI is InChI=1S/C13H9ClN4O4/c14-8-4-5-11(18(21)22)9(7-8)12(19)16-17-13(20)10-3-1-2-6-15-10/h1-7H,(H,16,19)(H,17,20). The van der Waals surface area contributed by atoms with Crippen molar-refractivity contribution in [2.75, 3.05) is 0 Å². The zero-order valence-electron chi connectivity index (χ0n) is 10.9. The molecule has 0 fully saturated rings. The highest BCUT2D eigenvalue weighted by atomic mass is 35.5. The number of hydrogen-bond donors (Lipinski definition) is 2. The Kier molecular flexibility index (Phi) is 4.64. The van der Waals surface area contributed by atoms with Crippen LogP contribution in [0.25, 0.3) is 0 Å². The van der Waals surface area contributed by atoms with Crippen molar-refractivity contribution >= 4 is 29.1 Å². The van der Waals surface area contributed by atoms with Gasteiger partial charge in [0.05, 0.1) is 4.92 Å². The third-order valence-electron chi connectivity index (χ3n) is 2.59. The van der Waals surface area contributed by atoms with Gasteiger partial charge in [-0.1, -0.05) is 17.7 Å². The highest BCUT2D eigenvalue weighted by Crippen LogP contribution is 2.22. The quantitative estimate of drug-likeness (QED) is 0.660. The molecule has 0 unspecified atom stereocenters. The Morgan fingerprint density at radius 1 is 1.14 bits per heavy atom. The summed E-state index contributed by atoms with van der Waals surface area (Å²) in [6.45, 7) is 0. The summed E-state index contributed by atoms with van der Waals surface area (Å²) in [5, 5.41) is 11.0. The maximum atomic E-state index is 11.9. The van der Waals surface area contributed by atoms with E-state index < -0.39 is 22.4 Å². The zero-order valence-corrected chi connectivity index (χ0v) is 11.7. The average Bonchev–Trinajstić information content (AvgIpc) is 2.52. The van der Waals surface area contributed by atoms with Crippen molar-refractivity contribution in [3.8, 4) is 0 Å². The Hall–Kier alpha value is -3.00. The van der Waals surface area contributed by atoms with Gasteiger partial charge in [-0.3, -0.25) is 35.5 Å². The minimum absolute atomic E-state index is 0.0865. The van der Waals surface area contributed by atoms with E-state index in [0.717, 1.165) is 12.1 Å². The lowest BCUT2D eigenvalue weighted by atomic mass is 10.1. The molecule has 2 rings (SSSR count). The van der Waals surface area contributed by atoms with Gasteiger partial charge < -0.3 is 0 Å². The lowest BCUT2D eigenvalue weighted by Gasteiger charge is -2.07. The topological polar surface area (TPSA) is 114 Å². The van der Waals surface area contributed by atoms with Crippen LogP contribution in [0.1, 0.15) is 20.8 Å². The Morgan fingerprint density at radius 2 is 1.86 bits per heavy atom. The van der Waals surface area contributed by atoms with Crippen molar-refractivity contribution in [3.63, 3.8) is 0 Å². The second-order valence-electron chi connectivity index (χ2n) is 4.04. The molecular formula is C13H9ClN4O4. The van der Waals surface area contributed by atoms with E-state index in [1.165, 1.54) is 18.3 Å². The van der Waals surface area contributed by atoms with E-state index in [2.05, 4.69) is 15.8 Å². The molecule has 8 nitrogen and oxygen atoms in total. The minimum Gasteiger partial charge on any atom is -0.267 e. The van der Waals surface area contributed by atoms with Crippen molar-refractivity contribution in [2.24, 2.45) is 0 Å². The predicted molar refractivity (Wildman–Crippen MR) is 77.3 cm³/mol. The monoisotopic (exact) mass is 320 g/mol. The number of nitrogens with one attached hydrogen (secondary N) is 2. The molecule has 0 aliphatic rings. The fourth-order valence-corrected chi connectivity index (χ4v) is 1.76. The van der Waals surface area contributed by atoms with Gasteiger partial charge in [0.2, 0.25) is 0 Å². The number of nitro benzene ring substituents is 1. The third-order valence-corrected chi connectivity index (χ3v) is 2.82. The molecule has 0 radical (unpaired) electrons. The predicted octanol–water partition coefficient (Wildman–Crippen LogP) is 1.72. The van der Waals surface area contributed by atoms with Crippen LogP contribution in [0, 0.1) is 10.1 Å². The third kappa shape index (κ3) is 3.55. The van der Waals surface area contributed by atoms with Gasteiger partial charge in [-0.05, 0) is 24.3 Å². The Labute approximate surface area is 129 Å². The van der Waals surface area contributed by atoms with Gasteiger partial charge >= 0.3 is 0 Å². The molecule has 2 N–H and O–H groups in total. The average molecular weight is 321 g/mol. The van der Waals surface area contributed by atoms with E-state index in [0.29, 0.717) is 0 Å². The number of nitrogens with zero attached hydrogens (tertiary/aromatic N) is 2. The van der Waals surface area contributed by atoms with Crippen LogP contribution in [0.2, 0.25) is 5.02 Å². The first-order chi connectivity index (χ1) is 10.5. The maximum Gasteiger partial charge on any atom is 0.288 e. The Morgan fingerprint density at radius 3 is 2.50 bits per heavy atom. The number of hydrogen-bond acceptors (Lipinski definition) is 5. The van der Waals surface area contributed by atoms with Crippen LogP contribution >= 0.6 is 11.6 Å². The maximum absolute atomic E-state index is 11.9. The summed E-state index contributed by atoms with van der Waals surface area (Å²) in [7, 11) is 0. The molecule has 0 aliphatic heterocycles. The minimum atomic E-state index is -0.863. The molecule has 0 saturated heterocycles. The van der Waals surface area contributed by atoms with Gasteiger partial charge in [0.25, 0.3) is 17.5 Å². The molecule has 1 heterocycles. The molecule has 2 amide bonds. The number of carbonyl (C=O) groups is 2. The second kappa shape index (κ2) is 6.64. The van der Waals surface area contributed by atoms with Crippen LogP contribution in [-0.4, -0.2) is 21.7 Å². The fourth-order valence-electron chi connectivity index (χ4n) is 1.59. The van der Waals surface area contributed by atoms with E-state index in [-0.39, 0.29) is 16.3 Å². The molecule has 1 aromatic heterocycles. The summed E-state index contributed by atoms with van der Waals surface area (Å²) in [6, 6.07) is 8.22. The van der Waals surface area contributed by atoms with Gasteiger partial charge in [0.15, 0.2) is 0 Å². The second-order valence-corrected chi connectivity index (χ2v) is 4.48. The van der Waals surface area contributed by atoms with Crippen LogP contribution in [-0.2, 0) is 0 Å². The largest absolute Gasteiger partial charge is 0.288 e. The first-order valence-corrected chi connectivity index (χ1v) is 6.32. The van der Waals surface area contributed by atoms with Gasteiger partial charge in [-0.2, -0.15) is 0 Å². The number of benzene rings is 1. The SMILES string of the molecule is O=C(NNC(=O)c1cc(Cl)ccc1[N+](=O)[O-])c1ccccn1. The number of aromatic nitrogens is 1. The summed E-state index contributed by atoms with van der Waals surface area (Å²) < 4.78 is 0. The highest BCUT2D eigenvalue weighted by Gasteiger charge is 2.21. The van der Waals surface area contributed by atoms with Crippen LogP contribution in [0.5, 0.6) is 0 Å². The van der Waals surface area contributed by atoms with E-state index in [1.807, 2.05) is 0 Å². The Balaban J connectivity index is 2.12. The number of amides is 2. The summed E-state index contributed by atoms with van der Waals surface area (Å²) in [5.74, 6) is -1.52. The highest BCUT2D eigenvalue weighted by molar-refractivity contribution is 6.31. The number of rotatable bonds is 3. The molecule has 0 spiro atoms. The normalized spacial score (nSPS) is 9.86. The molecule has 0 saturated carbocycles. The molecule has 0 aliphatic carbocycles. The van der Waals surface area contributed by atoms with E-state index in [4.69, 9.17) is 11.6 Å². The lowest BCUT2D eigenvalue weighted by molar-refractivity contribution is -0.385. The number of hydrazine groups is 1. The van der Waals surface area contributed by atoms with Crippen molar-refractivity contribution in [1.82, 2.24) is 15.8 Å². The number of pyridine rings is 1. The smallest absolute Gasteiger partial charge is 0.267 e. The van der Waals surface area contributed by atoms with Gasteiger partial charge in [0.1, 0.15) is 11.3 Å². The first kappa shape index (κ1) is 15.4. The van der Waals surface area contributed by atoms with Gasteiger partial charge in [-0.15, -0.1) is 0 Å². The number of carbonyl (C=O) groups excluding carboxylic acids is 2. The van der Waals surface area contributed by atoms with E-state index >= 15 is 0 Å². The van der Waals surface area contributed by atoms with Gasteiger partial charge in [0, 0.05) is 17.3 Å². The van der Waals surface area contributed by atoms with Crippen LogP contribution in [0.15, 0.2) is 42.6 Å². The van der Waals surface area contributed by atoms with E-state index in [9.17, 15) is 19.7 Å². The first-order valence-electron chi connectivity index (χ1n) is 5.94.